The van der Waals surface area contributed by atoms with Crippen molar-refractivity contribution in [1.82, 2.24) is 14.7 Å². The molecule has 0 radical (unpaired) electrons. The highest BCUT2D eigenvalue weighted by atomic mass is 32.1. The Hall–Kier alpha value is -1.07. The Morgan fingerprint density at radius 1 is 1.42 bits per heavy atom. The molecule has 0 aromatic carbocycles. The SMILES string of the molecule is CCNCc1c(N2CCC(C)CC2)nc2sccn12. The highest BCUT2D eigenvalue weighted by molar-refractivity contribution is 7.15. The van der Waals surface area contributed by atoms with Crippen LogP contribution in [0.15, 0.2) is 11.6 Å². The first-order chi connectivity index (χ1) is 9.29. The highest BCUT2D eigenvalue weighted by Gasteiger charge is 2.22. The average Bonchev–Trinajstić information content (AvgIpc) is 2.98. The van der Waals surface area contributed by atoms with Crippen molar-refractivity contribution < 1.29 is 0 Å². The van der Waals surface area contributed by atoms with Gasteiger partial charge in [-0.15, -0.1) is 11.3 Å². The smallest absolute Gasteiger partial charge is 0.195 e. The molecule has 1 saturated heterocycles. The van der Waals surface area contributed by atoms with Crippen LogP contribution in [-0.2, 0) is 6.54 Å². The predicted octanol–water partition coefficient (Wildman–Crippen LogP) is 2.74. The van der Waals surface area contributed by atoms with E-state index in [4.69, 9.17) is 4.98 Å². The zero-order valence-corrected chi connectivity index (χ0v) is 12.5. The topological polar surface area (TPSA) is 32.6 Å². The fourth-order valence-electron chi connectivity index (χ4n) is 2.70. The number of hydrogen-bond acceptors (Lipinski definition) is 4. The first-order valence-electron chi connectivity index (χ1n) is 7.19. The van der Waals surface area contributed by atoms with Crippen LogP contribution in [0.5, 0.6) is 0 Å². The van der Waals surface area contributed by atoms with Gasteiger partial charge in [0, 0.05) is 31.2 Å². The van der Waals surface area contributed by atoms with Gasteiger partial charge in [0.25, 0.3) is 0 Å². The second kappa shape index (κ2) is 5.51. The van der Waals surface area contributed by atoms with Crippen LogP contribution in [-0.4, -0.2) is 29.0 Å². The molecular formula is C14H22N4S. The maximum atomic E-state index is 4.84. The fourth-order valence-corrected chi connectivity index (χ4v) is 3.43. The Bertz CT molecular complexity index is 537. The molecule has 0 amide bonds. The van der Waals surface area contributed by atoms with Crippen molar-refractivity contribution in [2.75, 3.05) is 24.5 Å². The molecule has 1 aliphatic heterocycles. The largest absolute Gasteiger partial charge is 0.355 e. The Morgan fingerprint density at radius 3 is 2.95 bits per heavy atom. The molecule has 5 heteroatoms. The molecule has 4 nitrogen and oxygen atoms in total. The predicted molar refractivity (Wildman–Crippen MR) is 81.1 cm³/mol. The normalized spacial score (nSPS) is 17.5. The molecular weight excluding hydrogens is 256 g/mol. The third-order valence-electron chi connectivity index (χ3n) is 3.97. The van der Waals surface area contributed by atoms with Crippen LogP contribution < -0.4 is 10.2 Å². The fraction of sp³-hybridized carbons (Fsp3) is 0.643. The molecule has 2 aromatic rings. The lowest BCUT2D eigenvalue weighted by Crippen LogP contribution is -2.34. The van der Waals surface area contributed by atoms with E-state index in [-0.39, 0.29) is 0 Å². The van der Waals surface area contributed by atoms with E-state index in [0.717, 1.165) is 37.1 Å². The van der Waals surface area contributed by atoms with Crippen LogP contribution in [0, 0.1) is 5.92 Å². The molecule has 0 atom stereocenters. The van der Waals surface area contributed by atoms with E-state index in [1.54, 1.807) is 11.3 Å². The molecule has 19 heavy (non-hydrogen) atoms. The van der Waals surface area contributed by atoms with E-state index in [1.807, 2.05) is 0 Å². The third kappa shape index (κ3) is 2.49. The second-order valence-corrected chi connectivity index (χ2v) is 6.26. The maximum Gasteiger partial charge on any atom is 0.195 e. The quantitative estimate of drug-likeness (QED) is 0.933. The Kier molecular flexibility index (Phi) is 3.75. The summed E-state index contributed by atoms with van der Waals surface area (Å²) < 4.78 is 2.24. The van der Waals surface area contributed by atoms with E-state index in [2.05, 4.69) is 40.0 Å². The van der Waals surface area contributed by atoms with Gasteiger partial charge in [0.1, 0.15) is 0 Å². The van der Waals surface area contributed by atoms with E-state index < -0.39 is 0 Å². The summed E-state index contributed by atoms with van der Waals surface area (Å²) in [5.41, 5.74) is 1.31. The molecule has 0 spiro atoms. The molecule has 0 bridgehead atoms. The molecule has 3 heterocycles. The number of aromatic nitrogens is 2. The number of nitrogens with one attached hydrogen (secondary N) is 1. The van der Waals surface area contributed by atoms with Crippen LogP contribution in [0.25, 0.3) is 4.96 Å². The van der Waals surface area contributed by atoms with E-state index in [1.165, 1.54) is 24.4 Å². The van der Waals surface area contributed by atoms with Crippen molar-refractivity contribution in [2.45, 2.75) is 33.2 Å². The number of hydrogen-bond donors (Lipinski definition) is 1. The van der Waals surface area contributed by atoms with Gasteiger partial charge in [-0.2, -0.15) is 0 Å². The van der Waals surface area contributed by atoms with Gasteiger partial charge in [-0.05, 0) is 25.3 Å². The minimum atomic E-state index is 0.859. The summed E-state index contributed by atoms with van der Waals surface area (Å²) >= 11 is 1.72. The van der Waals surface area contributed by atoms with Gasteiger partial charge in [0.15, 0.2) is 10.8 Å². The molecule has 0 saturated carbocycles. The van der Waals surface area contributed by atoms with Crippen LogP contribution >= 0.6 is 11.3 Å². The van der Waals surface area contributed by atoms with Gasteiger partial charge in [0.05, 0.1) is 5.69 Å². The number of nitrogens with zero attached hydrogens (tertiary/aromatic N) is 3. The van der Waals surface area contributed by atoms with Gasteiger partial charge < -0.3 is 10.2 Å². The molecule has 3 rings (SSSR count). The number of rotatable bonds is 4. The van der Waals surface area contributed by atoms with Crippen molar-refractivity contribution in [1.29, 1.82) is 0 Å². The van der Waals surface area contributed by atoms with Crippen LogP contribution in [0.1, 0.15) is 32.4 Å². The summed E-state index contributed by atoms with van der Waals surface area (Å²) in [5.74, 6) is 2.05. The lowest BCUT2D eigenvalue weighted by Gasteiger charge is -2.31. The summed E-state index contributed by atoms with van der Waals surface area (Å²) in [4.78, 5) is 8.42. The average molecular weight is 278 g/mol. The van der Waals surface area contributed by atoms with Gasteiger partial charge in [-0.1, -0.05) is 13.8 Å². The summed E-state index contributed by atoms with van der Waals surface area (Å²) in [7, 11) is 0. The number of imidazole rings is 1. The molecule has 1 N–H and O–H groups in total. The molecule has 2 aromatic heterocycles. The lowest BCUT2D eigenvalue weighted by atomic mass is 9.99. The van der Waals surface area contributed by atoms with Gasteiger partial charge in [-0.3, -0.25) is 4.40 Å². The van der Waals surface area contributed by atoms with Gasteiger partial charge >= 0.3 is 0 Å². The van der Waals surface area contributed by atoms with Crippen molar-refractivity contribution in [3.05, 3.63) is 17.3 Å². The Morgan fingerprint density at radius 2 is 2.21 bits per heavy atom. The Labute approximate surface area is 118 Å². The minimum absolute atomic E-state index is 0.859. The molecule has 0 unspecified atom stereocenters. The van der Waals surface area contributed by atoms with Gasteiger partial charge in [-0.25, -0.2) is 4.98 Å². The van der Waals surface area contributed by atoms with Gasteiger partial charge in [0.2, 0.25) is 0 Å². The second-order valence-electron chi connectivity index (χ2n) is 5.39. The maximum absolute atomic E-state index is 4.84. The molecule has 0 aliphatic carbocycles. The number of anilines is 1. The minimum Gasteiger partial charge on any atom is -0.355 e. The summed E-state index contributed by atoms with van der Waals surface area (Å²) in [5, 5.41) is 5.55. The third-order valence-corrected chi connectivity index (χ3v) is 4.72. The molecule has 1 fully saturated rings. The van der Waals surface area contributed by atoms with Crippen LogP contribution in [0.3, 0.4) is 0 Å². The zero-order chi connectivity index (χ0) is 13.2. The molecule has 1 aliphatic rings. The van der Waals surface area contributed by atoms with Crippen molar-refractivity contribution in [3.63, 3.8) is 0 Å². The van der Waals surface area contributed by atoms with Crippen molar-refractivity contribution >= 4 is 22.1 Å². The summed E-state index contributed by atoms with van der Waals surface area (Å²) in [6, 6.07) is 0. The highest BCUT2D eigenvalue weighted by Crippen LogP contribution is 2.28. The van der Waals surface area contributed by atoms with E-state index >= 15 is 0 Å². The summed E-state index contributed by atoms with van der Waals surface area (Å²) in [6.07, 6.45) is 4.70. The van der Waals surface area contributed by atoms with Crippen molar-refractivity contribution in [3.8, 4) is 0 Å². The first kappa shape index (κ1) is 12.9. The lowest BCUT2D eigenvalue weighted by molar-refractivity contribution is 0.436. The van der Waals surface area contributed by atoms with E-state index in [9.17, 15) is 0 Å². The first-order valence-corrected chi connectivity index (χ1v) is 8.07. The van der Waals surface area contributed by atoms with Crippen LogP contribution in [0.4, 0.5) is 5.82 Å². The number of thiazole rings is 1. The summed E-state index contributed by atoms with van der Waals surface area (Å²) in [6.45, 7) is 8.68. The number of fused-ring (bicyclic) bond motifs is 1. The van der Waals surface area contributed by atoms with Crippen molar-refractivity contribution in [2.24, 2.45) is 5.92 Å². The molecule has 104 valence electrons. The number of piperidine rings is 1. The Balaban J connectivity index is 1.90. The van der Waals surface area contributed by atoms with E-state index in [0.29, 0.717) is 0 Å². The standard InChI is InChI=1S/C14H22N4S/c1-3-15-10-12-13(16-14-18(12)8-9-19-14)17-6-4-11(2)5-7-17/h8-9,11,15H,3-7,10H2,1-2H3. The van der Waals surface area contributed by atoms with Crippen LogP contribution in [0.2, 0.25) is 0 Å². The monoisotopic (exact) mass is 278 g/mol. The zero-order valence-electron chi connectivity index (χ0n) is 11.7.